The van der Waals surface area contributed by atoms with E-state index in [4.69, 9.17) is 29.4 Å². The lowest BCUT2D eigenvalue weighted by Crippen LogP contribution is -2.42. The highest BCUT2D eigenvalue weighted by Crippen LogP contribution is 2.61. The molecule has 8 aromatic rings. The van der Waals surface area contributed by atoms with Crippen LogP contribution in [0.25, 0.3) is 44.6 Å². The quantitative estimate of drug-likeness (QED) is 0.113. The Morgan fingerprint density at radius 2 is 0.764 bits per heavy atom. The van der Waals surface area contributed by atoms with E-state index in [2.05, 4.69) is 0 Å². The summed E-state index contributed by atoms with van der Waals surface area (Å²) in [5.41, 5.74) is 6.80. The molecule has 0 fully saturated rings. The first kappa shape index (κ1) is 32.6. The number of esters is 2. The number of fused-ring (bicyclic) bond motifs is 8. The molecule has 2 aliphatic rings. The van der Waals surface area contributed by atoms with Gasteiger partial charge in [0.05, 0.1) is 68.5 Å². The summed E-state index contributed by atoms with van der Waals surface area (Å²) in [7, 11) is 0. The van der Waals surface area contributed by atoms with Crippen LogP contribution >= 0.6 is 0 Å². The molecule has 264 valence electrons. The predicted octanol–water partition coefficient (Wildman–Crippen LogP) is 9.19. The number of benzene rings is 6. The van der Waals surface area contributed by atoms with E-state index in [9.17, 15) is 9.59 Å². The van der Waals surface area contributed by atoms with Gasteiger partial charge in [-0.15, -0.1) is 0 Å². The molecule has 2 unspecified atom stereocenters. The SMILES string of the molecule is O=C(CC1(CC2(CC(=O)Oc3ccccc3)c3ccccc3-c3nc4ccccc4nc32)c2ccccc2-c2nc3ccccc3nc21)Oc1ccccc1. The zero-order valence-electron chi connectivity index (χ0n) is 29.6. The second kappa shape index (κ2) is 12.8. The third-order valence-electron chi connectivity index (χ3n) is 10.9. The summed E-state index contributed by atoms with van der Waals surface area (Å²) in [5.74, 6) is -0.00792. The number of rotatable bonds is 8. The molecule has 0 radical (unpaired) electrons. The van der Waals surface area contributed by atoms with Crippen molar-refractivity contribution in [2.24, 2.45) is 0 Å². The zero-order valence-corrected chi connectivity index (χ0v) is 29.6. The van der Waals surface area contributed by atoms with Gasteiger partial charge in [0.1, 0.15) is 11.5 Å². The highest BCUT2D eigenvalue weighted by molar-refractivity contribution is 5.90. The molecule has 0 amide bonds. The summed E-state index contributed by atoms with van der Waals surface area (Å²) in [5, 5.41) is 0. The molecule has 0 aliphatic heterocycles. The van der Waals surface area contributed by atoms with Crippen LogP contribution in [0.3, 0.4) is 0 Å². The van der Waals surface area contributed by atoms with E-state index in [0.717, 1.165) is 33.3 Å². The molecule has 10 rings (SSSR count). The summed E-state index contributed by atoms with van der Waals surface area (Å²) in [6.07, 6.45) is 0.0295. The lowest BCUT2D eigenvalue weighted by atomic mass is 9.62. The zero-order chi connectivity index (χ0) is 37.0. The van der Waals surface area contributed by atoms with Crippen LogP contribution in [0.5, 0.6) is 11.5 Å². The summed E-state index contributed by atoms with van der Waals surface area (Å²) >= 11 is 0. The number of nitrogens with zero attached hydrogens (tertiary/aromatic N) is 4. The van der Waals surface area contributed by atoms with Gasteiger partial charge in [-0.2, -0.15) is 0 Å². The van der Waals surface area contributed by atoms with Gasteiger partial charge in [-0.05, 0) is 66.1 Å². The predicted molar refractivity (Wildman–Crippen MR) is 210 cm³/mol. The van der Waals surface area contributed by atoms with Crippen LogP contribution in [0.4, 0.5) is 0 Å². The molecule has 2 aliphatic carbocycles. The molecule has 2 aromatic heterocycles. The molecule has 2 atom stereocenters. The van der Waals surface area contributed by atoms with Gasteiger partial charge in [0.15, 0.2) is 0 Å². The molecule has 0 saturated carbocycles. The Balaban J connectivity index is 1.24. The Hall–Kier alpha value is -7.06. The van der Waals surface area contributed by atoms with Gasteiger partial charge in [-0.25, -0.2) is 19.9 Å². The Labute approximate surface area is 316 Å². The topological polar surface area (TPSA) is 104 Å². The number of hydrogen-bond donors (Lipinski definition) is 0. The first-order valence-electron chi connectivity index (χ1n) is 18.3. The van der Waals surface area contributed by atoms with Crippen molar-refractivity contribution in [2.75, 3.05) is 0 Å². The number of para-hydroxylation sites is 6. The van der Waals surface area contributed by atoms with Crippen molar-refractivity contribution < 1.29 is 19.1 Å². The van der Waals surface area contributed by atoms with Crippen LogP contribution in [-0.4, -0.2) is 31.9 Å². The first-order valence-corrected chi connectivity index (χ1v) is 18.3. The van der Waals surface area contributed by atoms with Gasteiger partial charge in [-0.1, -0.05) is 109 Å². The molecular formula is C47H32N4O4. The monoisotopic (exact) mass is 716 g/mol. The molecule has 8 nitrogen and oxygen atoms in total. The van der Waals surface area contributed by atoms with Gasteiger partial charge in [0, 0.05) is 11.1 Å². The van der Waals surface area contributed by atoms with Gasteiger partial charge in [-0.3, -0.25) is 9.59 Å². The maximum atomic E-state index is 14.5. The Morgan fingerprint density at radius 1 is 0.418 bits per heavy atom. The maximum absolute atomic E-state index is 14.5. The van der Waals surface area contributed by atoms with Crippen molar-refractivity contribution in [3.05, 3.63) is 180 Å². The van der Waals surface area contributed by atoms with E-state index in [0.29, 0.717) is 45.3 Å². The fourth-order valence-corrected chi connectivity index (χ4v) is 8.67. The maximum Gasteiger partial charge on any atom is 0.312 e. The number of carbonyl (C=O) groups is 2. The fourth-order valence-electron chi connectivity index (χ4n) is 8.67. The normalized spacial score (nSPS) is 17.6. The molecule has 0 bridgehead atoms. The van der Waals surface area contributed by atoms with E-state index in [-0.39, 0.29) is 19.3 Å². The molecular weight excluding hydrogens is 685 g/mol. The van der Waals surface area contributed by atoms with Gasteiger partial charge in [0.2, 0.25) is 0 Å². The average molecular weight is 717 g/mol. The summed E-state index contributed by atoms with van der Waals surface area (Å²) in [6.45, 7) is 0. The fraction of sp³-hybridized carbons (Fsp3) is 0.106. The molecule has 0 saturated heterocycles. The van der Waals surface area contributed by atoms with Crippen LogP contribution in [0.15, 0.2) is 158 Å². The molecule has 55 heavy (non-hydrogen) atoms. The number of carbonyl (C=O) groups excluding carboxylic acids is 2. The van der Waals surface area contributed by atoms with Crippen LogP contribution in [0, 0.1) is 0 Å². The van der Waals surface area contributed by atoms with Crippen LogP contribution in [0.2, 0.25) is 0 Å². The third-order valence-corrected chi connectivity index (χ3v) is 10.9. The Bertz CT molecular complexity index is 2620. The third kappa shape index (κ3) is 5.36. The molecule has 6 aromatic carbocycles. The summed E-state index contributed by atoms with van der Waals surface area (Å²) in [4.78, 5) is 50.0. The highest BCUT2D eigenvalue weighted by Gasteiger charge is 2.57. The first-order chi connectivity index (χ1) is 27.0. The van der Waals surface area contributed by atoms with E-state index in [1.807, 2.05) is 133 Å². The standard InChI is InChI=1S/C47H32N4O4/c52-40(54-30-15-3-1-4-16-30)27-46(34-21-9-7-19-32(34)42-44(46)50-38-25-13-11-23-36(38)48-42)29-47(28-41(53)55-31-17-5-2-6-18-31)35-22-10-8-20-33(35)43-45(47)51-39-26-14-12-24-37(39)49-43/h1-26H,27-29H2. The minimum Gasteiger partial charge on any atom is -0.426 e. The summed E-state index contributed by atoms with van der Waals surface area (Å²) < 4.78 is 12.1. The van der Waals surface area contributed by atoms with Crippen LogP contribution in [-0.2, 0) is 20.4 Å². The molecule has 8 heteroatoms. The van der Waals surface area contributed by atoms with Crippen LogP contribution < -0.4 is 9.47 Å². The minimum absolute atomic E-state index is 0.0904. The van der Waals surface area contributed by atoms with E-state index in [1.54, 1.807) is 24.3 Å². The Morgan fingerprint density at radius 3 is 1.18 bits per heavy atom. The number of ether oxygens (including phenoxy) is 2. The smallest absolute Gasteiger partial charge is 0.312 e. The van der Waals surface area contributed by atoms with Gasteiger partial charge in [0.25, 0.3) is 0 Å². The van der Waals surface area contributed by atoms with Crippen molar-refractivity contribution in [1.29, 1.82) is 0 Å². The molecule has 0 spiro atoms. The highest BCUT2D eigenvalue weighted by atomic mass is 16.5. The van der Waals surface area contributed by atoms with Crippen molar-refractivity contribution in [3.63, 3.8) is 0 Å². The van der Waals surface area contributed by atoms with Gasteiger partial charge < -0.3 is 9.47 Å². The lowest BCUT2D eigenvalue weighted by Gasteiger charge is -2.40. The lowest BCUT2D eigenvalue weighted by molar-refractivity contribution is -0.135. The average Bonchev–Trinajstić information content (AvgIpc) is 3.62. The van der Waals surface area contributed by atoms with Crippen molar-refractivity contribution in [3.8, 4) is 34.0 Å². The minimum atomic E-state index is -1.14. The number of aromatic nitrogens is 4. The van der Waals surface area contributed by atoms with Crippen molar-refractivity contribution in [1.82, 2.24) is 19.9 Å². The Kier molecular flexibility index (Phi) is 7.59. The molecule has 0 N–H and O–H groups in total. The van der Waals surface area contributed by atoms with E-state index < -0.39 is 22.8 Å². The molecule has 2 heterocycles. The largest absolute Gasteiger partial charge is 0.426 e. The van der Waals surface area contributed by atoms with Crippen molar-refractivity contribution >= 4 is 34.0 Å². The second-order valence-corrected chi connectivity index (χ2v) is 14.2. The van der Waals surface area contributed by atoms with Crippen molar-refractivity contribution in [2.45, 2.75) is 30.1 Å². The van der Waals surface area contributed by atoms with E-state index >= 15 is 0 Å². The second-order valence-electron chi connectivity index (χ2n) is 14.2. The van der Waals surface area contributed by atoms with Gasteiger partial charge >= 0.3 is 11.9 Å². The summed E-state index contributed by atoms with van der Waals surface area (Å²) in [6, 6.07) is 49.7. The van der Waals surface area contributed by atoms with E-state index in [1.165, 1.54) is 0 Å². The number of hydrogen-bond acceptors (Lipinski definition) is 8. The van der Waals surface area contributed by atoms with Crippen LogP contribution in [0.1, 0.15) is 41.8 Å².